The van der Waals surface area contributed by atoms with Crippen LogP contribution in [0.1, 0.15) is 17.3 Å². The van der Waals surface area contributed by atoms with Crippen LogP contribution in [-0.4, -0.2) is 27.8 Å². The molecule has 1 heterocycles. The zero-order chi connectivity index (χ0) is 13.0. The molecule has 0 aliphatic rings. The summed E-state index contributed by atoms with van der Waals surface area (Å²) in [5.41, 5.74) is 7.23. The van der Waals surface area contributed by atoms with E-state index in [-0.39, 0.29) is 11.9 Å². The number of ether oxygens (including phenoxy) is 1. The summed E-state index contributed by atoms with van der Waals surface area (Å²) < 4.78 is 4.93. The molecule has 0 unspecified atom stereocenters. The van der Waals surface area contributed by atoms with Crippen molar-refractivity contribution in [1.82, 2.24) is 15.2 Å². The molecule has 0 amide bonds. The van der Waals surface area contributed by atoms with Gasteiger partial charge in [0.1, 0.15) is 0 Å². The number of nitrogens with two attached hydrogens (primary N) is 1. The largest absolute Gasteiger partial charge is 0.462 e. The number of hydrogen-bond donors (Lipinski definition) is 1. The standard InChI is InChI=1S/C12H12N4O2/c1-2-18-11(17)9-5-3-4-8(6-9)10-7-14-16-12(13)15-10/h3-7H,2H2,1H3,(H2,13,15,16). The zero-order valence-electron chi connectivity index (χ0n) is 9.83. The average Bonchev–Trinajstić information content (AvgIpc) is 2.39. The molecule has 1 aromatic carbocycles. The number of benzene rings is 1. The number of nitrogen functional groups attached to an aromatic ring is 1. The third-order valence-corrected chi connectivity index (χ3v) is 2.24. The van der Waals surface area contributed by atoms with E-state index in [1.54, 1.807) is 25.1 Å². The van der Waals surface area contributed by atoms with Gasteiger partial charge in [0.2, 0.25) is 5.95 Å². The summed E-state index contributed by atoms with van der Waals surface area (Å²) in [6.07, 6.45) is 1.49. The second kappa shape index (κ2) is 5.22. The van der Waals surface area contributed by atoms with Crippen LogP contribution in [0.25, 0.3) is 11.3 Å². The van der Waals surface area contributed by atoms with Crippen LogP contribution < -0.4 is 5.73 Å². The summed E-state index contributed by atoms with van der Waals surface area (Å²) in [6.45, 7) is 2.10. The van der Waals surface area contributed by atoms with Gasteiger partial charge < -0.3 is 10.5 Å². The molecule has 0 saturated carbocycles. The molecule has 0 bridgehead atoms. The molecular formula is C12H12N4O2. The van der Waals surface area contributed by atoms with Gasteiger partial charge in [-0.25, -0.2) is 9.78 Å². The van der Waals surface area contributed by atoms with E-state index in [2.05, 4.69) is 15.2 Å². The molecular weight excluding hydrogens is 232 g/mol. The predicted molar refractivity (Wildman–Crippen MR) is 65.6 cm³/mol. The summed E-state index contributed by atoms with van der Waals surface area (Å²) >= 11 is 0. The van der Waals surface area contributed by atoms with Crippen molar-refractivity contribution in [2.45, 2.75) is 6.92 Å². The smallest absolute Gasteiger partial charge is 0.338 e. The van der Waals surface area contributed by atoms with E-state index in [0.717, 1.165) is 5.56 Å². The van der Waals surface area contributed by atoms with Crippen molar-refractivity contribution in [3.8, 4) is 11.3 Å². The Balaban J connectivity index is 2.35. The van der Waals surface area contributed by atoms with Gasteiger partial charge in [-0.15, -0.1) is 5.10 Å². The Labute approximate surface area is 104 Å². The lowest BCUT2D eigenvalue weighted by molar-refractivity contribution is 0.0526. The quantitative estimate of drug-likeness (QED) is 0.818. The molecule has 0 spiro atoms. The maximum atomic E-state index is 11.6. The number of esters is 1. The minimum atomic E-state index is -0.366. The minimum absolute atomic E-state index is 0.0917. The maximum Gasteiger partial charge on any atom is 0.338 e. The fourth-order valence-corrected chi connectivity index (χ4v) is 1.48. The summed E-state index contributed by atoms with van der Waals surface area (Å²) in [5.74, 6) is -0.275. The monoisotopic (exact) mass is 244 g/mol. The first kappa shape index (κ1) is 12.0. The van der Waals surface area contributed by atoms with Gasteiger partial charge in [0.15, 0.2) is 0 Å². The number of nitrogens with zero attached hydrogens (tertiary/aromatic N) is 3. The van der Waals surface area contributed by atoms with Gasteiger partial charge in [0.05, 0.1) is 24.1 Å². The average molecular weight is 244 g/mol. The van der Waals surface area contributed by atoms with Crippen LogP contribution in [0.3, 0.4) is 0 Å². The van der Waals surface area contributed by atoms with Gasteiger partial charge in [-0.1, -0.05) is 12.1 Å². The molecule has 0 aliphatic carbocycles. The van der Waals surface area contributed by atoms with Crippen molar-refractivity contribution in [3.63, 3.8) is 0 Å². The lowest BCUT2D eigenvalue weighted by atomic mass is 10.1. The molecule has 0 atom stereocenters. The van der Waals surface area contributed by atoms with Gasteiger partial charge in [0.25, 0.3) is 0 Å². The normalized spacial score (nSPS) is 10.1. The molecule has 0 aliphatic heterocycles. The molecule has 1 aromatic heterocycles. The molecule has 0 fully saturated rings. The topological polar surface area (TPSA) is 91.0 Å². The highest BCUT2D eigenvalue weighted by Crippen LogP contribution is 2.18. The fourth-order valence-electron chi connectivity index (χ4n) is 1.48. The van der Waals surface area contributed by atoms with Gasteiger partial charge in [-0.2, -0.15) is 5.10 Å². The Morgan fingerprint density at radius 2 is 2.28 bits per heavy atom. The summed E-state index contributed by atoms with van der Waals surface area (Å²) in [4.78, 5) is 15.6. The molecule has 0 radical (unpaired) electrons. The molecule has 2 aromatic rings. The third-order valence-electron chi connectivity index (χ3n) is 2.24. The Morgan fingerprint density at radius 3 is 3.00 bits per heavy atom. The van der Waals surface area contributed by atoms with Crippen LogP contribution in [0.4, 0.5) is 5.95 Å². The van der Waals surface area contributed by atoms with E-state index in [9.17, 15) is 4.79 Å². The first-order valence-corrected chi connectivity index (χ1v) is 5.43. The van der Waals surface area contributed by atoms with Crippen molar-refractivity contribution < 1.29 is 9.53 Å². The Bertz CT molecular complexity index is 572. The molecule has 18 heavy (non-hydrogen) atoms. The minimum Gasteiger partial charge on any atom is -0.462 e. The SMILES string of the molecule is CCOC(=O)c1cccc(-c2cnnc(N)n2)c1. The van der Waals surface area contributed by atoms with Crippen LogP contribution in [0.2, 0.25) is 0 Å². The summed E-state index contributed by atoms with van der Waals surface area (Å²) in [5, 5.41) is 7.30. The van der Waals surface area contributed by atoms with Gasteiger partial charge in [-0.3, -0.25) is 0 Å². The van der Waals surface area contributed by atoms with E-state index < -0.39 is 0 Å². The summed E-state index contributed by atoms with van der Waals surface area (Å²) in [7, 11) is 0. The van der Waals surface area contributed by atoms with Crippen LogP contribution in [0, 0.1) is 0 Å². The Kier molecular flexibility index (Phi) is 3.47. The number of aromatic nitrogens is 3. The highest BCUT2D eigenvalue weighted by Gasteiger charge is 2.08. The highest BCUT2D eigenvalue weighted by molar-refractivity contribution is 5.90. The van der Waals surface area contributed by atoms with Crippen LogP contribution in [0.5, 0.6) is 0 Å². The lowest BCUT2D eigenvalue weighted by Gasteiger charge is -2.04. The number of carbonyl (C=O) groups excluding carboxylic acids is 1. The van der Waals surface area contributed by atoms with E-state index in [0.29, 0.717) is 17.9 Å². The van der Waals surface area contributed by atoms with Crippen LogP contribution in [-0.2, 0) is 4.74 Å². The van der Waals surface area contributed by atoms with Gasteiger partial charge in [-0.05, 0) is 19.1 Å². The lowest BCUT2D eigenvalue weighted by Crippen LogP contribution is -2.04. The van der Waals surface area contributed by atoms with Crippen molar-refractivity contribution in [1.29, 1.82) is 0 Å². The maximum absolute atomic E-state index is 11.6. The number of hydrogen-bond acceptors (Lipinski definition) is 6. The van der Waals surface area contributed by atoms with Crippen molar-refractivity contribution in [3.05, 3.63) is 36.0 Å². The molecule has 6 heteroatoms. The summed E-state index contributed by atoms with van der Waals surface area (Å²) in [6, 6.07) is 6.92. The Morgan fingerprint density at radius 1 is 1.44 bits per heavy atom. The molecule has 92 valence electrons. The fraction of sp³-hybridized carbons (Fsp3) is 0.167. The molecule has 2 rings (SSSR count). The third kappa shape index (κ3) is 2.60. The molecule has 2 N–H and O–H groups in total. The first-order chi connectivity index (χ1) is 8.70. The predicted octanol–water partition coefficient (Wildman–Crippen LogP) is 1.30. The highest BCUT2D eigenvalue weighted by atomic mass is 16.5. The van der Waals surface area contributed by atoms with Crippen LogP contribution >= 0.6 is 0 Å². The van der Waals surface area contributed by atoms with Gasteiger partial charge >= 0.3 is 5.97 Å². The van der Waals surface area contributed by atoms with E-state index >= 15 is 0 Å². The first-order valence-electron chi connectivity index (χ1n) is 5.43. The number of carbonyl (C=O) groups is 1. The van der Waals surface area contributed by atoms with Crippen LogP contribution in [0.15, 0.2) is 30.5 Å². The van der Waals surface area contributed by atoms with E-state index in [1.807, 2.05) is 6.07 Å². The molecule has 6 nitrogen and oxygen atoms in total. The molecule has 0 saturated heterocycles. The number of anilines is 1. The second-order valence-corrected chi connectivity index (χ2v) is 3.50. The number of rotatable bonds is 3. The van der Waals surface area contributed by atoms with E-state index in [4.69, 9.17) is 10.5 Å². The van der Waals surface area contributed by atoms with E-state index in [1.165, 1.54) is 6.20 Å². The second-order valence-electron chi connectivity index (χ2n) is 3.50. The van der Waals surface area contributed by atoms with Crippen molar-refractivity contribution in [2.75, 3.05) is 12.3 Å². The van der Waals surface area contributed by atoms with Gasteiger partial charge in [0, 0.05) is 5.56 Å². The Hall–Kier alpha value is -2.50. The van der Waals surface area contributed by atoms with Crippen molar-refractivity contribution >= 4 is 11.9 Å². The van der Waals surface area contributed by atoms with Crippen molar-refractivity contribution in [2.24, 2.45) is 0 Å². The zero-order valence-corrected chi connectivity index (χ0v) is 9.83.